The second-order valence-corrected chi connectivity index (χ2v) is 4.63. The van der Waals surface area contributed by atoms with E-state index in [0.29, 0.717) is 16.8 Å². The number of hydrogen-bond donors (Lipinski definition) is 2. The molecule has 0 saturated heterocycles. The van der Waals surface area contributed by atoms with Crippen LogP contribution < -0.4 is 5.73 Å². The molecule has 3 N–H and O–H groups in total. The van der Waals surface area contributed by atoms with Gasteiger partial charge in [-0.1, -0.05) is 18.2 Å². The van der Waals surface area contributed by atoms with Crippen LogP contribution in [0.5, 0.6) is 0 Å². The van der Waals surface area contributed by atoms with E-state index in [1.165, 1.54) is 18.2 Å². The molecule has 1 aromatic heterocycles. The SMILES string of the molecule is Nc1ccc(F)cc1C(O)c1ccc2cccnc2c1. The summed E-state index contributed by atoms with van der Waals surface area (Å²) in [6.45, 7) is 0. The zero-order chi connectivity index (χ0) is 14.1. The largest absolute Gasteiger partial charge is 0.398 e. The van der Waals surface area contributed by atoms with E-state index < -0.39 is 11.9 Å². The standard InChI is InChI=1S/C16H13FN2O/c17-12-5-6-14(18)13(9-12)16(20)11-4-3-10-2-1-7-19-15(10)8-11/h1-9,16,20H,18H2. The van der Waals surface area contributed by atoms with Crippen LogP contribution in [0.3, 0.4) is 0 Å². The normalized spacial score (nSPS) is 12.5. The van der Waals surface area contributed by atoms with Crippen LogP contribution in [0.2, 0.25) is 0 Å². The Morgan fingerprint density at radius 3 is 2.80 bits per heavy atom. The number of rotatable bonds is 2. The fourth-order valence-corrected chi connectivity index (χ4v) is 2.22. The second kappa shape index (κ2) is 4.90. The van der Waals surface area contributed by atoms with E-state index in [2.05, 4.69) is 4.98 Å². The molecule has 100 valence electrons. The minimum atomic E-state index is -0.975. The lowest BCUT2D eigenvalue weighted by molar-refractivity contribution is 0.220. The highest BCUT2D eigenvalue weighted by Gasteiger charge is 2.15. The zero-order valence-electron chi connectivity index (χ0n) is 10.6. The number of aliphatic hydroxyl groups excluding tert-OH is 1. The van der Waals surface area contributed by atoms with Crippen LogP contribution in [-0.2, 0) is 0 Å². The molecule has 1 unspecified atom stereocenters. The number of aromatic nitrogens is 1. The summed E-state index contributed by atoms with van der Waals surface area (Å²) in [7, 11) is 0. The quantitative estimate of drug-likeness (QED) is 0.702. The Labute approximate surface area is 115 Å². The van der Waals surface area contributed by atoms with Gasteiger partial charge in [-0.25, -0.2) is 4.39 Å². The smallest absolute Gasteiger partial charge is 0.123 e. The monoisotopic (exact) mass is 268 g/mol. The first-order valence-electron chi connectivity index (χ1n) is 6.23. The number of hydrogen-bond acceptors (Lipinski definition) is 3. The summed E-state index contributed by atoms with van der Waals surface area (Å²) in [4.78, 5) is 4.24. The van der Waals surface area contributed by atoms with Gasteiger partial charge in [0.25, 0.3) is 0 Å². The molecule has 0 spiro atoms. The fraction of sp³-hybridized carbons (Fsp3) is 0.0625. The van der Waals surface area contributed by atoms with Gasteiger partial charge in [-0.3, -0.25) is 4.98 Å². The van der Waals surface area contributed by atoms with Crippen LogP contribution in [0.4, 0.5) is 10.1 Å². The molecule has 1 atom stereocenters. The molecule has 0 fully saturated rings. The molecule has 3 nitrogen and oxygen atoms in total. The lowest BCUT2D eigenvalue weighted by Gasteiger charge is -2.14. The lowest BCUT2D eigenvalue weighted by atomic mass is 9.99. The van der Waals surface area contributed by atoms with Gasteiger partial charge in [0.2, 0.25) is 0 Å². The maximum atomic E-state index is 13.3. The third kappa shape index (κ3) is 2.21. The van der Waals surface area contributed by atoms with Crippen LogP contribution in [0.1, 0.15) is 17.2 Å². The molecule has 0 bridgehead atoms. The zero-order valence-corrected chi connectivity index (χ0v) is 10.6. The van der Waals surface area contributed by atoms with Crippen molar-refractivity contribution in [1.29, 1.82) is 0 Å². The van der Waals surface area contributed by atoms with Crippen molar-refractivity contribution in [3.05, 3.63) is 71.7 Å². The number of nitrogens with zero attached hydrogens (tertiary/aromatic N) is 1. The number of nitrogens with two attached hydrogens (primary N) is 1. The number of nitrogen functional groups attached to an aromatic ring is 1. The number of anilines is 1. The first kappa shape index (κ1) is 12.6. The molecule has 4 heteroatoms. The first-order valence-corrected chi connectivity index (χ1v) is 6.23. The molecule has 1 heterocycles. The van der Waals surface area contributed by atoms with E-state index in [1.807, 2.05) is 18.2 Å². The second-order valence-electron chi connectivity index (χ2n) is 4.63. The Kier molecular flexibility index (Phi) is 3.08. The predicted molar refractivity (Wildman–Crippen MR) is 76.6 cm³/mol. The Bertz CT molecular complexity index is 773. The number of aliphatic hydroxyl groups is 1. The van der Waals surface area contributed by atoms with Crippen molar-refractivity contribution >= 4 is 16.6 Å². The Morgan fingerprint density at radius 1 is 1.10 bits per heavy atom. The van der Waals surface area contributed by atoms with Gasteiger partial charge >= 0.3 is 0 Å². The van der Waals surface area contributed by atoms with Crippen molar-refractivity contribution < 1.29 is 9.50 Å². The topological polar surface area (TPSA) is 59.1 Å². The molecule has 0 amide bonds. The van der Waals surface area contributed by atoms with Gasteiger partial charge in [0.15, 0.2) is 0 Å². The summed E-state index contributed by atoms with van der Waals surface area (Å²) >= 11 is 0. The molecule has 20 heavy (non-hydrogen) atoms. The number of pyridine rings is 1. The maximum absolute atomic E-state index is 13.3. The van der Waals surface area contributed by atoms with E-state index in [4.69, 9.17) is 5.73 Å². The number of fused-ring (bicyclic) bond motifs is 1. The predicted octanol–water partition coefficient (Wildman–Crippen LogP) is 3.04. The summed E-state index contributed by atoms with van der Waals surface area (Å²) in [5.41, 5.74) is 7.93. The molecule has 0 aliphatic carbocycles. The van der Waals surface area contributed by atoms with E-state index in [1.54, 1.807) is 18.3 Å². The van der Waals surface area contributed by atoms with E-state index >= 15 is 0 Å². The molecular formula is C16H13FN2O. The Hall–Kier alpha value is -2.46. The van der Waals surface area contributed by atoms with Crippen molar-refractivity contribution in [2.45, 2.75) is 6.10 Å². The minimum absolute atomic E-state index is 0.361. The highest BCUT2D eigenvalue weighted by molar-refractivity contribution is 5.79. The van der Waals surface area contributed by atoms with Gasteiger partial charge in [0, 0.05) is 22.8 Å². The average Bonchev–Trinajstić information content (AvgIpc) is 2.48. The van der Waals surface area contributed by atoms with Gasteiger partial charge in [-0.15, -0.1) is 0 Å². The van der Waals surface area contributed by atoms with Crippen LogP contribution in [0.15, 0.2) is 54.7 Å². The van der Waals surface area contributed by atoms with Crippen LogP contribution in [0, 0.1) is 5.82 Å². The van der Waals surface area contributed by atoms with E-state index in [9.17, 15) is 9.50 Å². The average molecular weight is 268 g/mol. The molecule has 3 aromatic rings. The Morgan fingerprint density at radius 2 is 1.95 bits per heavy atom. The van der Waals surface area contributed by atoms with Crippen LogP contribution >= 0.6 is 0 Å². The molecular weight excluding hydrogens is 255 g/mol. The third-order valence-electron chi connectivity index (χ3n) is 3.29. The molecule has 3 rings (SSSR count). The van der Waals surface area contributed by atoms with Crippen LogP contribution in [-0.4, -0.2) is 10.1 Å². The third-order valence-corrected chi connectivity index (χ3v) is 3.29. The van der Waals surface area contributed by atoms with Crippen molar-refractivity contribution in [3.63, 3.8) is 0 Å². The van der Waals surface area contributed by atoms with Gasteiger partial charge in [0.1, 0.15) is 11.9 Å². The summed E-state index contributed by atoms with van der Waals surface area (Å²) in [5, 5.41) is 11.4. The fourth-order valence-electron chi connectivity index (χ4n) is 2.22. The Balaban J connectivity index is 2.07. The van der Waals surface area contributed by atoms with E-state index in [0.717, 1.165) is 10.9 Å². The molecule has 0 radical (unpaired) electrons. The minimum Gasteiger partial charge on any atom is -0.398 e. The van der Waals surface area contributed by atoms with Crippen molar-refractivity contribution in [1.82, 2.24) is 4.98 Å². The van der Waals surface area contributed by atoms with Gasteiger partial charge < -0.3 is 10.8 Å². The highest BCUT2D eigenvalue weighted by Crippen LogP contribution is 2.28. The van der Waals surface area contributed by atoms with Gasteiger partial charge in [0.05, 0.1) is 5.52 Å². The van der Waals surface area contributed by atoms with Crippen molar-refractivity contribution in [2.75, 3.05) is 5.73 Å². The number of benzene rings is 2. The molecule has 2 aromatic carbocycles. The summed E-state index contributed by atoms with van der Waals surface area (Å²) < 4.78 is 13.3. The van der Waals surface area contributed by atoms with Gasteiger partial charge in [-0.2, -0.15) is 0 Å². The first-order chi connectivity index (χ1) is 9.65. The lowest BCUT2D eigenvalue weighted by Crippen LogP contribution is -2.04. The maximum Gasteiger partial charge on any atom is 0.123 e. The van der Waals surface area contributed by atoms with Crippen LogP contribution in [0.25, 0.3) is 10.9 Å². The highest BCUT2D eigenvalue weighted by atomic mass is 19.1. The molecule has 0 aliphatic rings. The number of halogens is 1. The summed E-state index contributed by atoms with van der Waals surface area (Å²) in [6, 6.07) is 13.2. The molecule has 0 saturated carbocycles. The van der Waals surface area contributed by atoms with Gasteiger partial charge in [-0.05, 0) is 35.9 Å². The van der Waals surface area contributed by atoms with E-state index in [-0.39, 0.29) is 0 Å². The molecule has 0 aliphatic heterocycles. The summed E-state index contributed by atoms with van der Waals surface area (Å²) in [5.74, 6) is -0.424. The van der Waals surface area contributed by atoms with Crippen molar-refractivity contribution in [2.24, 2.45) is 0 Å². The van der Waals surface area contributed by atoms with Crippen molar-refractivity contribution in [3.8, 4) is 0 Å². The summed E-state index contributed by atoms with van der Waals surface area (Å²) in [6.07, 6.45) is 0.715.